The van der Waals surface area contributed by atoms with Gasteiger partial charge in [-0.15, -0.1) is 6.42 Å². The number of hydrogen-bond acceptors (Lipinski definition) is 0. The molecule has 0 nitrogen and oxygen atoms in total. The number of hydrogen-bond donors (Lipinski definition) is 0. The second-order valence-corrected chi connectivity index (χ2v) is 3.52. The van der Waals surface area contributed by atoms with Gasteiger partial charge in [0, 0.05) is 59.2 Å². The Hall–Kier alpha value is -6.16. The average Bonchev–Trinajstić information content (AvgIpc) is 2.74. The van der Waals surface area contributed by atoms with Crippen LogP contribution in [-0.2, 0) is 0 Å². The van der Waals surface area contributed by atoms with Crippen molar-refractivity contribution in [2.24, 2.45) is 0 Å². The zero-order chi connectivity index (χ0) is 21.1. The highest BCUT2D eigenvalue weighted by atomic mass is 13.6. The molecule has 0 fully saturated rings. The molecule has 0 aliphatic rings. The Labute approximate surface area is 173 Å². The van der Waals surface area contributed by atoms with Gasteiger partial charge in [0.2, 0.25) is 0 Å². The summed E-state index contributed by atoms with van der Waals surface area (Å²) < 4.78 is 0. The van der Waals surface area contributed by atoms with Gasteiger partial charge in [0.05, 0.1) is 0 Å². The molecule has 120 valence electrons. The van der Waals surface area contributed by atoms with Gasteiger partial charge in [-0.05, 0) is 102 Å². The minimum atomic E-state index is 1.69. The maximum atomic E-state index is 4.92. The fourth-order valence-corrected chi connectivity index (χ4v) is 0.817. The van der Waals surface area contributed by atoms with E-state index in [-0.39, 0.29) is 0 Å². The molecule has 0 saturated carbocycles. The molecule has 0 aromatic carbocycles. The van der Waals surface area contributed by atoms with Crippen molar-refractivity contribution in [3.05, 3.63) is 0 Å². The van der Waals surface area contributed by atoms with Crippen LogP contribution in [0.4, 0.5) is 0 Å². The summed E-state index contributed by atoms with van der Waals surface area (Å²) >= 11 is 0. The van der Waals surface area contributed by atoms with Crippen molar-refractivity contribution in [2.45, 2.75) is 6.92 Å². The average molecular weight is 352 g/mol. The molecule has 0 spiro atoms. The summed E-state index contributed by atoms with van der Waals surface area (Å²) in [6.07, 6.45) is 4.92. The molecule has 0 bridgehead atoms. The molecule has 0 aliphatic heterocycles. The predicted octanol–water partition coefficient (Wildman–Crippen LogP) is 0.684. The number of terminal acetylenes is 1. The summed E-state index contributed by atoms with van der Waals surface area (Å²) in [6.45, 7) is 1.69. The molecule has 0 heteroatoms. The van der Waals surface area contributed by atoms with E-state index in [1.54, 1.807) is 6.92 Å². The molecule has 0 aliphatic carbocycles. The minimum Gasteiger partial charge on any atom is -0.106 e. The van der Waals surface area contributed by atoms with Gasteiger partial charge < -0.3 is 0 Å². The molecule has 0 aromatic heterocycles. The molecule has 0 unspecified atom stereocenters. The fourth-order valence-electron chi connectivity index (χ4n) is 0.817. The first-order chi connectivity index (χ1) is 14.4. The van der Waals surface area contributed by atoms with E-state index >= 15 is 0 Å². The van der Waals surface area contributed by atoms with E-state index in [0.29, 0.717) is 0 Å². The van der Waals surface area contributed by atoms with E-state index in [1.807, 2.05) is 0 Å². The van der Waals surface area contributed by atoms with Gasteiger partial charge in [-0.3, -0.25) is 0 Å². The van der Waals surface area contributed by atoms with Gasteiger partial charge in [0.25, 0.3) is 0 Å². The van der Waals surface area contributed by atoms with Crippen molar-refractivity contribution in [3.63, 3.8) is 0 Å². The molecule has 0 heterocycles. The van der Waals surface area contributed by atoms with Crippen LogP contribution < -0.4 is 0 Å². The van der Waals surface area contributed by atoms with Crippen molar-refractivity contribution >= 4 is 0 Å². The molecule has 0 atom stereocenters. The van der Waals surface area contributed by atoms with E-state index < -0.39 is 0 Å². The maximum absolute atomic E-state index is 4.92. The first kappa shape index (κ1) is 22.8. The molecule has 0 saturated heterocycles. The second kappa shape index (κ2) is 21.8. The molecular weight excluding hydrogens is 348 g/mol. The quantitative estimate of drug-likeness (QED) is 0.563. The van der Waals surface area contributed by atoms with Gasteiger partial charge in [0.15, 0.2) is 0 Å². The highest BCUT2D eigenvalue weighted by molar-refractivity contribution is 5.48. The lowest BCUT2D eigenvalue weighted by Gasteiger charge is -1.57. The Kier molecular flexibility index (Phi) is 17.2. The predicted molar refractivity (Wildman–Crippen MR) is 116 cm³/mol. The van der Waals surface area contributed by atoms with Crippen molar-refractivity contribution in [1.29, 1.82) is 0 Å². The van der Waals surface area contributed by atoms with Crippen LogP contribution in [0, 0.1) is 166 Å². The van der Waals surface area contributed by atoms with Crippen LogP contribution in [0.25, 0.3) is 0 Å². The van der Waals surface area contributed by atoms with Gasteiger partial charge in [-0.1, -0.05) is 5.92 Å². The smallest absolute Gasteiger partial charge is 0 e. The largest absolute Gasteiger partial charge is 0.106 e. The van der Waals surface area contributed by atoms with Crippen LogP contribution in [-0.4, -0.2) is 0 Å². The van der Waals surface area contributed by atoms with E-state index in [1.165, 1.54) is 0 Å². The molecular formula is C29H4. The second-order valence-electron chi connectivity index (χ2n) is 3.52. The lowest BCUT2D eigenvalue weighted by atomic mass is 10.4. The zero-order valence-corrected chi connectivity index (χ0v) is 15.1. The molecule has 0 N–H and O–H groups in total. The van der Waals surface area contributed by atoms with Crippen LogP contribution in [0.2, 0.25) is 0 Å². The first-order valence-electron chi connectivity index (χ1n) is 7.29. The SMILES string of the molecule is C#CC#CC#CC#CC#CC#CC#CC#CC#CC#CC#CC#CC#CC#CC. The molecule has 0 radical (unpaired) electrons. The Balaban J connectivity index is 4.45. The summed E-state index contributed by atoms with van der Waals surface area (Å²) in [5.41, 5.74) is 0. The van der Waals surface area contributed by atoms with E-state index in [4.69, 9.17) is 6.42 Å². The third kappa shape index (κ3) is 21.8. The molecule has 0 aromatic rings. The van der Waals surface area contributed by atoms with Gasteiger partial charge in [0.1, 0.15) is 0 Å². The Morgan fingerprint density at radius 1 is 0.276 bits per heavy atom. The third-order valence-corrected chi connectivity index (χ3v) is 1.70. The van der Waals surface area contributed by atoms with Gasteiger partial charge in [-0.2, -0.15) is 0 Å². The topological polar surface area (TPSA) is 0 Å². The van der Waals surface area contributed by atoms with Crippen molar-refractivity contribution in [2.75, 3.05) is 0 Å². The van der Waals surface area contributed by atoms with E-state index in [9.17, 15) is 0 Å². The highest BCUT2D eigenvalue weighted by Crippen LogP contribution is 1.59. The van der Waals surface area contributed by atoms with Gasteiger partial charge in [-0.25, -0.2) is 0 Å². The van der Waals surface area contributed by atoms with Gasteiger partial charge >= 0.3 is 0 Å². The number of rotatable bonds is 0. The van der Waals surface area contributed by atoms with Crippen LogP contribution in [0.15, 0.2) is 0 Å². The van der Waals surface area contributed by atoms with Crippen LogP contribution in [0.5, 0.6) is 0 Å². The monoisotopic (exact) mass is 352 g/mol. The summed E-state index contributed by atoms with van der Waals surface area (Å²) in [6, 6.07) is 0. The van der Waals surface area contributed by atoms with E-state index in [0.717, 1.165) is 0 Å². The standard InChI is InChI=1S/C29H4/c1-3-5-7-9-11-13-15-17-19-21-23-25-27-29-28-26-24-22-20-18-16-14-12-10-8-6-4-2/h1H,2H3. The Bertz CT molecular complexity index is 1510. The third-order valence-electron chi connectivity index (χ3n) is 1.70. The fraction of sp³-hybridized carbons (Fsp3) is 0.0345. The van der Waals surface area contributed by atoms with E-state index in [2.05, 4.69) is 160 Å². The highest BCUT2D eigenvalue weighted by Gasteiger charge is 1.59. The maximum Gasteiger partial charge on any atom is 0 e. The molecule has 0 amide bonds. The molecule has 0 rings (SSSR count). The van der Waals surface area contributed by atoms with Crippen molar-refractivity contribution < 1.29 is 0 Å². The van der Waals surface area contributed by atoms with Crippen LogP contribution in [0.1, 0.15) is 6.92 Å². The Morgan fingerprint density at radius 2 is 0.448 bits per heavy atom. The van der Waals surface area contributed by atoms with Crippen molar-refractivity contribution in [3.8, 4) is 166 Å². The normalized spacial score (nSPS) is 3.86. The van der Waals surface area contributed by atoms with Crippen LogP contribution >= 0.6 is 0 Å². The van der Waals surface area contributed by atoms with Crippen LogP contribution in [0.3, 0.4) is 0 Å². The van der Waals surface area contributed by atoms with Crippen molar-refractivity contribution in [1.82, 2.24) is 0 Å². The first-order valence-corrected chi connectivity index (χ1v) is 7.29. The summed E-state index contributed by atoms with van der Waals surface area (Å²) in [5, 5.41) is 0. The Morgan fingerprint density at radius 3 is 0.621 bits per heavy atom. The zero-order valence-electron chi connectivity index (χ0n) is 15.1. The lowest BCUT2D eigenvalue weighted by molar-refractivity contribution is 1.92. The minimum absolute atomic E-state index is 1.69. The summed E-state index contributed by atoms with van der Waals surface area (Å²) in [7, 11) is 0. The summed E-state index contributed by atoms with van der Waals surface area (Å²) in [4.78, 5) is 0. The molecule has 29 heavy (non-hydrogen) atoms. The summed E-state index contributed by atoms with van der Waals surface area (Å²) in [5.74, 6) is 66.9. The lowest BCUT2D eigenvalue weighted by Crippen LogP contribution is -1.57.